The Labute approximate surface area is 229 Å². The third-order valence-corrected chi connectivity index (χ3v) is 6.67. The molecular weight excluding hydrogens is 504 g/mol. The molecule has 1 saturated heterocycles. The van der Waals surface area contributed by atoms with Crippen LogP contribution < -0.4 is 10.6 Å². The van der Waals surface area contributed by atoms with Gasteiger partial charge in [-0.05, 0) is 17.9 Å². The number of aliphatic hydroxyl groups excluding tert-OH is 1. The molecular formula is C28H40N4O7. The average Bonchev–Trinajstić information content (AvgIpc) is 3.24. The van der Waals surface area contributed by atoms with Crippen LogP contribution in [0.5, 0.6) is 0 Å². The minimum Gasteiger partial charge on any atom is -0.460 e. The normalized spacial score (nSPS) is 17.4. The van der Waals surface area contributed by atoms with Gasteiger partial charge in [0.15, 0.2) is 6.10 Å². The fraction of sp³-hybridized carbons (Fsp3) is 0.536. The quantitative estimate of drug-likeness (QED) is 0.238. The molecule has 1 fully saturated rings. The lowest BCUT2D eigenvalue weighted by atomic mass is 9.96. The summed E-state index contributed by atoms with van der Waals surface area (Å²) in [6, 6.07) is 6.51. The minimum atomic E-state index is -1.67. The molecule has 1 aliphatic heterocycles. The number of hydrogen-bond donors (Lipinski definition) is 3. The largest absolute Gasteiger partial charge is 0.460 e. The van der Waals surface area contributed by atoms with Crippen LogP contribution >= 0.6 is 0 Å². The summed E-state index contributed by atoms with van der Waals surface area (Å²) < 4.78 is 4.80. The van der Waals surface area contributed by atoms with E-state index >= 15 is 0 Å². The summed E-state index contributed by atoms with van der Waals surface area (Å²) >= 11 is 0. The molecule has 11 heteroatoms. The lowest BCUT2D eigenvalue weighted by Gasteiger charge is -2.28. The maximum atomic E-state index is 13.5. The molecule has 11 nitrogen and oxygen atoms in total. The average molecular weight is 545 g/mol. The van der Waals surface area contributed by atoms with Crippen LogP contribution in [0.3, 0.4) is 0 Å². The van der Waals surface area contributed by atoms with E-state index in [2.05, 4.69) is 17.2 Å². The first kappa shape index (κ1) is 31.5. The van der Waals surface area contributed by atoms with Crippen molar-refractivity contribution in [1.29, 1.82) is 0 Å². The highest BCUT2D eigenvalue weighted by molar-refractivity contribution is 6.03. The van der Waals surface area contributed by atoms with E-state index in [4.69, 9.17) is 4.74 Å². The van der Waals surface area contributed by atoms with Gasteiger partial charge in [0.2, 0.25) is 11.8 Å². The number of nitrogens with zero attached hydrogens (tertiary/aromatic N) is 2. The van der Waals surface area contributed by atoms with E-state index in [9.17, 15) is 29.1 Å². The molecule has 1 heterocycles. The maximum Gasteiger partial charge on any atom is 0.327 e. The molecule has 2 rings (SSSR count). The van der Waals surface area contributed by atoms with Gasteiger partial charge in [-0.1, -0.05) is 77.1 Å². The fourth-order valence-electron chi connectivity index (χ4n) is 4.09. The van der Waals surface area contributed by atoms with E-state index in [-0.39, 0.29) is 32.0 Å². The number of urea groups is 1. The van der Waals surface area contributed by atoms with Crippen LogP contribution in [0.1, 0.15) is 46.1 Å². The van der Waals surface area contributed by atoms with Gasteiger partial charge >= 0.3 is 12.0 Å². The molecule has 1 aliphatic rings. The number of hydrogen-bond acceptors (Lipinski definition) is 7. The van der Waals surface area contributed by atoms with Crippen LogP contribution in [0.2, 0.25) is 0 Å². The predicted molar refractivity (Wildman–Crippen MR) is 144 cm³/mol. The van der Waals surface area contributed by atoms with Crippen LogP contribution in [0.25, 0.3) is 0 Å². The van der Waals surface area contributed by atoms with Crippen LogP contribution in [-0.4, -0.2) is 82.5 Å². The van der Waals surface area contributed by atoms with Gasteiger partial charge < -0.3 is 25.4 Å². The van der Waals surface area contributed by atoms with E-state index in [1.165, 1.54) is 11.0 Å². The number of aliphatic hydroxyl groups is 1. The molecule has 1 aromatic rings. The maximum absolute atomic E-state index is 13.5. The van der Waals surface area contributed by atoms with Gasteiger partial charge in [-0.3, -0.25) is 19.2 Å². The van der Waals surface area contributed by atoms with Gasteiger partial charge in [-0.15, -0.1) is 0 Å². The smallest absolute Gasteiger partial charge is 0.327 e. The number of imide groups is 1. The lowest BCUT2D eigenvalue weighted by molar-refractivity contribution is -0.144. The highest BCUT2D eigenvalue weighted by atomic mass is 16.5. The van der Waals surface area contributed by atoms with Crippen molar-refractivity contribution in [3.8, 4) is 0 Å². The number of esters is 1. The van der Waals surface area contributed by atoms with Gasteiger partial charge in [-0.2, -0.15) is 0 Å². The van der Waals surface area contributed by atoms with Crippen LogP contribution in [0.15, 0.2) is 43.0 Å². The molecule has 0 radical (unpaired) electrons. The standard InChI is InChI=1S/C28H40N4O7/c1-6-11-21(24(34)26(36)29-15-23(33)39-14-7-2)30-25(35)22-17-31(16-20-12-9-8-10-13-20)28(38)32(22)27(37)19(5)18(3)4/h7-10,12-13,18-19,21-22,24,34H,2,6,11,14-17H2,1,3-5H3,(H,29,36)(H,30,35). The van der Waals surface area contributed by atoms with Crippen LogP contribution in [0, 0.1) is 11.8 Å². The zero-order valence-electron chi connectivity index (χ0n) is 23.1. The Morgan fingerprint density at radius 2 is 1.85 bits per heavy atom. The zero-order chi connectivity index (χ0) is 29.1. The molecule has 0 spiro atoms. The van der Waals surface area contributed by atoms with Gasteiger partial charge in [0.25, 0.3) is 5.91 Å². The predicted octanol–water partition coefficient (Wildman–Crippen LogP) is 1.60. The third-order valence-electron chi connectivity index (χ3n) is 6.67. The lowest BCUT2D eigenvalue weighted by Crippen LogP contribution is -2.56. The summed E-state index contributed by atoms with van der Waals surface area (Å²) in [5.74, 6) is -3.26. The van der Waals surface area contributed by atoms with E-state index in [1.807, 2.05) is 51.1 Å². The summed E-state index contributed by atoms with van der Waals surface area (Å²) in [5, 5.41) is 15.6. The molecule has 1 aromatic carbocycles. The molecule has 4 unspecified atom stereocenters. The summed E-state index contributed by atoms with van der Waals surface area (Å²) in [5.41, 5.74) is 0.846. The number of amides is 5. The molecule has 0 saturated carbocycles. The topological polar surface area (TPSA) is 145 Å². The second kappa shape index (κ2) is 15.0. The van der Waals surface area contributed by atoms with E-state index < -0.39 is 60.4 Å². The number of rotatable bonds is 14. The Hall–Kier alpha value is -3.73. The SMILES string of the molecule is C=CCOC(=O)CNC(=O)C(O)C(CCC)NC(=O)C1CN(Cc2ccccc2)C(=O)N1C(=O)C(C)C(C)C. The molecule has 214 valence electrons. The highest BCUT2D eigenvalue weighted by Crippen LogP contribution is 2.24. The van der Waals surface area contributed by atoms with Crippen molar-refractivity contribution in [2.45, 2.75) is 65.3 Å². The van der Waals surface area contributed by atoms with Crippen molar-refractivity contribution in [2.24, 2.45) is 11.8 Å². The van der Waals surface area contributed by atoms with Crippen molar-refractivity contribution in [3.63, 3.8) is 0 Å². The summed E-state index contributed by atoms with van der Waals surface area (Å²) in [6.45, 7) is 10.4. The van der Waals surface area contributed by atoms with Crippen molar-refractivity contribution >= 4 is 29.7 Å². The fourth-order valence-corrected chi connectivity index (χ4v) is 4.09. The number of carbonyl (C=O) groups is 5. The van der Waals surface area contributed by atoms with Crippen molar-refractivity contribution in [1.82, 2.24) is 20.4 Å². The first-order valence-electron chi connectivity index (χ1n) is 13.2. The Balaban J connectivity index is 2.20. The second-order valence-corrected chi connectivity index (χ2v) is 9.94. The van der Waals surface area contributed by atoms with Gasteiger partial charge in [0, 0.05) is 12.5 Å². The highest BCUT2D eigenvalue weighted by Gasteiger charge is 2.47. The van der Waals surface area contributed by atoms with E-state index in [0.29, 0.717) is 6.42 Å². The summed E-state index contributed by atoms with van der Waals surface area (Å²) in [4.78, 5) is 66.8. The van der Waals surface area contributed by atoms with Crippen molar-refractivity contribution in [3.05, 3.63) is 48.6 Å². The Morgan fingerprint density at radius 1 is 1.18 bits per heavy atom. The molecule has 0 bridgehead atoms. The molecule has 4 atom stereocenters. The minimum absolute atomic E-state index is 0.0161. The molecule has 5 amide bonds. The van der Waals surface area contributed by atoms with Gasteiger partial charge in [0.05, 0.1) is 12.6 Å². The second-order valence-electron chi connectivity index (χ2n) is 9.94. The monoisotopic (exact) mass is 544 g/mol. The summed E-state index contributed by atoms with van der Waals surface area (Å²) in [7, 11) is 0. The van der Waals surface area contributed by atoms with Gasteiger partial charge in [0.1, 0.15) is 19.2 Å². The number of benzene rings is 1. The molecule has 0 aliphatic carbocycles. The van der Waals surface area contributed by atoms with Crippen molar-refractivity contribution in [2.75, 3.05) is 19.7 Å². The molecule has 3 N–H and O–H groups in total. The Kier molecular flexibility index (Phi) is 12.1. The zero-order valence-corrected chi connectivity index (χ0v) is 23.1. The van der Waals surface area contributed by atoms with E-state index in [1.54, 1.807) is 6.92 Å². The van der Waals surface area contributed by atoms with Crippen LogP contribution in [0.4, 0.5) is 4.79 Å². The third kappa shape index (κ3) is 8.64. The number of carbonyl (C=O) groups excluding carboxylic acids is 5. The number of ether oxygens (including phenoxy) is 1. The Bertz CT molecular complexity index is 1030. The first-order chi connectivity index (χ1) is 18.5. The van der Waals surface area contributed by atoms with Crippen LogP contribution in [-0.2, 0) is 30.5 Å². The first-order valence-corrected chi connectivity index (χ1v) is 13.2. The van der Waals surface area contributed by atoms with Gasteiger partial charge in [-0.25, -0.2) is 9.69 Å². The van der Waals surface area contributed by atoms with E-state index in [0.717, 1.165) is 10.5 Å². The number of nitrogens with one attached hydrogen (secondary N) is 2. The molecule has 39 heavy (non-hydrogen) atoms. The Morgan fingerprint density at radius 3 is 2.44 bits per heavy atom. The molecule has 0 aromatic heterocycles. The van der Waals surface area contributed by atoms with Crippen molar-refractivity contribution < 1.29 is 33.8 Å². The summed E-state index contributed by atoms with van der Waals surface area (Å²) in [6.07, 6.45) is 0.475.